The molecule has 0 spiro atoms. The third kappa shape index (κ3) is 1.97. The second-order valence-electron chi connectivity index (χ2n) is 3.61. The molecule has 0 unspecified atom stereocenters. The molecule has 0 amide bonds. The van der Waals surface area contributed by atoms with Crippen LogP contribution in [-0.4, -0.2) is 23.1 Å². The minimum atomic E-state index is 0.466. The van der Waals surface area contributed by atoms with Gasteiger partial charge in [-0.25, -0.2) is 9.97 Å². The highest BCUT2D eigenvalue weighted by atomic mass is 15.2. The predicted molar refractivity (Wildman–Crippen MR) is 55.0 cm³/mol. The maximum atomic E-state index is 4.28. The van der Waals surface area contributed by atoms with Crippen molar-refractivity contribution >= 4 is 5.82 Å². The molecule has 0 saturated heterocycles. The topological polar surface area (TPSA) is 29.0 Å². The molecule has 0 aromatic carbocycles. The van der Waals surface area contributed by atoms with E-state index in [1.54, 1.807) is 6.33 Å². The van der Waals surface area contributed by atoms with Gasteiger partial charge in [0.25, 0.3) is 0 Å². The van der Waals surface area contributed by atoms with Crippen molar-refractivity contribution in [3.63, 3.8) is 0 Å². The van der Waals surface area contributed by atoms with Crippen LogP contribution in [0.5, 0.6) is 0 Å². The van der Waals surface area contributed by atoms with Gasteiger partial charge in [0.2, 0.25) is 0 Å². The molecule has 0 saturated carbocycles. The zero-order valence-corrected chi connectivity index (χ0v) is 9.00. The highest BCUT2D eigenvalue weighted by molar-refractivity contribution is 5.47. The van der Waals surface area contributed by atoms with Gasteiger partial charge in [0.05, 0.1) is 0 Å². The number of nitrogens with zero attached hydrogens (tertiary/aromatic N) is 3. The maximum absolute atomic E-state index is 4.28. The van der Waals surface area contributed by atoms with Crippen molar-refractivity contribution in [2.45, 2.75) is 33.7 Å². The predicted octanol–water partition coefficient (Wildman–Crippen LogP) is 1.94. The van der Waals surface area contributed by atoms with Crippen molar-refractivity contribution in [1.82, 2.24) is 9.97 Å². The largest absolute Gasteiger partial charge is 0.357 e. The lowest BCUT2D eigenvalue weighted by Gasteiger charge is -2.24. The number of aromatic nitrogens is 2. The lowest BCUT2D eigenvalue weighted by Crippen LogP contribution is -2.27. The van der Waals surface area contributed by atoms with Crippen molar-refractivity contribution in [3.8, 4) is 0 Å². The Morgan fingerprint density at radius 2 is 1.85 bits per heavy atom. The fourth-order valence-electron chi connectivity index (χ4n) is 1.13. The zero-order valence-electron chi connectivity index (χ0n) is 9.00. The average molecular weight is 179 g/mol. The Morgan fingerprint density at radius 1 is 1.23 bits per heavy atom. The molecule has 72 valence electrons. The van der Waals surface area contributed by atoms with E-state index in [1.165, 1.54) is 5.56 Å². The van der Waals surface area contributed by atoms with Crippen LogP contribution in [0.2, 0.25) is 0 Å². The zero-order chi connectivity index (χ0) is 10.0. The summed E-state index contributed by atoms with van der Waals surface area (Å²) in [5.41, 5.74) is 2.22. The molecule has 1 rings (SSSR count). The normalized spacial score (nSPS) is 10.6. The number of hydrogen-bond acceptors (Lipinski definition) is 3. The van der Waals surface area contributed by atoms with Crippen LogP contribution >= 0.6 is 0 Å². The fraction of sp³-hybridized carbons (Fsp3) is 0.600. The van der Waals surface area contributed by atoms with E-state index in [1.807, 2.05) is 6.92 Å². The summed E-state index contributed by atoms with van der Waals surface area (Å²) in [6.07, 6.45) is 1.62. The van der Waals surface area contributed by atoms with Crippen LogP contribution in [-0.2, 0) is 0 Å². The van der Waals surface area contributed by atoms with Crippen molar-refractivity contribution in [3.05, 3.63) is 17.6 Å². The molecule has 3 heteroatoms. The fourth-order valence-corrected chi connectivity index (χ4v) is 1.13. The van der Waals surface area contributed by atoms with Gasteiger partial charge in [-0.3, -0.25) is 0 Å². The van der Waals surface area contributed by atoms with Gasteiger partial charge in [0.15, 0.2) is 0 Å². The molecule has 1 aromatic rings. The molecule has 0 atom stereocenters. The van der Waals surface area contributed by atoms with Crippen LogP contribution in [0.4, 0.5) is 5.82 Å². The van der Waals surface area contributed by atoms with E-state index in [2.05, 4.69) is 42.7 Å². The summed E-state index contributed by atoms with van der Waals surface area (Å²) in [6, 6.07) is 0.466. The van der Waals surface area contributed by atoms with E-state index < -0.39 is 0 Å². The maximum Gasteiger partial charge on any atom is 0.135 e. The first-order valence-corrected chi connectivity index (χ1v) is 4.55. The first kappa shape index (κ1) is 9.96. The van der Waals surface area contributed by atoms with Crippen LogP contribution in [0.25, 0.3) is 0 Å². The van der Waals surface area contributed by atoms with Gasteiger partial charge in [0.1, 0.15) is 12.1 Å². The summed E-state index contributed by atoms with van der Waals surface area (Å²) < 4.78 is 0. The molecular formula is C10H17N3. The summed E-state index contributed by atoms with van der Waals surface area (Å²) in [6.45, 7) is 8.37. The van der Waals surface area contributed by atoms with E-state index in [0.717, 1.165) is 11.5 Å². The van der Waals surface area contributed by atoms with Gasteiger partial charge in [-0.05, 0) is 27.7 Å². The van der Waals surface area contributed by atoms with Gasteiger partial charge in [-0.2, -0.15) is 0 Å². The van der Waals surface area contributed by atoms with E-state index >= 15 is 0 Å². The minimum absolute atomic E-state index is 0.466. The quantitative estimate of drug-likeness (QED) is 0.694. The lowest BCUT2D eigenvalue weighted by molar-refractivity contribution is 0.736. The first-order chi connectivity index (χ1) is 6.04. The summed E-state index contributed by atoms with van der Waals surface area (Å²) in [4.78, 5) is 10.6. The summed E-state index contributed by atoms with van der Waals surface area (Å²) in [7, 11) is 2.06. The average Bonchev–Trinajstić information content (AvgIpc) is 2.08. The summed E-state index contributed by atoms with van der Waals surface area (Å²) in [5.74, 6) is 1.03. The van der Waals surface area contributed by atoms with Crippen LogP contribution in [0.15, 0.2) is 6.33 Å². The Hall–Kier alpha value is -1.12. The molecule has 1 aromatic heterocycles. The molecule has 0 bridgehead atoms. The Bertz CT molecular complexity index is 294. The molecule has 0 radical (unpaired) electrons. The molecule has 3 nitrogen and oxygen atoms in total. The van der Waals surface area contributed by atoms with Crippen molar-refractivity contribution in [2.75, 3.05) is 11.9 Å². The van der Waals surface area contributed by atoms with Crippen molar-refractivity contribution in [1.29, 1.82) is 0 Å². The highest BCUT2D eigenvalue weighted by Gasteiger charge is 2.10. The van der Waals surface area contributed by atoms with E-state index in [4.69, 9.17) is 0 Å². The second-order valence-corrected chi connectivity index (χ2v) is 3.61. The molecule has 0 aliphatic rings. The standard InChI is InChI=1S/C10H17N3/c1-7(2)13(5)10-8(3)9(4)11-6-12-10/h6-7H,1-5H3. The number of hydrogen-bond donors (Lipinski definition) is 0. The van der Waals surface area contributed by atoms with E-state index in [-0.39, 0.29) is 0 Å². The third-order valence-electron chi connectivity index (χ3n) is 2.42. The third-order valence-corrected chi connectivity index (χ3v) is 2.42. The Morgan fingerprint density at radius 3 is 2.38 bits per heavy atom. The smallest absolute Gasteiger partial charge is 0.135 e. The van der Waals surface area contributed by atoms with Gasteiger partial charge in [0, 0.05) is 24.3 Å². The van der Waals surface area contributed by atoms with Crippen LogP contribution in [0.3, 0.4) is 0 Å². The SMILES string of the molecule is Cc1ncnc(N(C)C(C)C)c1C. The van der Waals surface area contributed by atoms with Gasteiger partial charge >= 0.3 is 0 Å². The number of anilines is 1. The second kappa shape index (κ2) is 3.73. The highest BCUT2D eigenvalue weighted by Crippen LogP contribution is 2.18. The molecule has 0 fully saturated rings. The Balaban J connectivity index is 3.07. The molecule has 0 aliphatic heterocycles. The van der Waals surface area contributed by atoms with Crippen LogP contribution in [0.1, 0.15) is 25.1 Å². The molecule has 0 aliphatic carbocycles. The first-order valence-electron chi connectivity index (χ1n) is 4.55. The summed E-state index contributed by atoms with van der Waals surface area (Å²) in [5, 5.41) is 0. The van der Waals surface area contributed by atoms with E-state index in [0.29, 0.717) is 6.04 Å². The van der Waals surface area contributed by atoms with Crippen molar-refractivity contribution in [2.24, 2.45) is 0 Å². The molecular weight excluding hydrogens is 162 g/mol. The number of rotatable bonds is 2. The minimum Gasteiger partial charge on any atom is -0.357 e. The van der Waals surface area contributed by atoms with Crippen LogP contribution < -0.4 is 4.90 Å². The van der Waals surface area contributed by atoms with E-state index in [9.17, 15) is 0 Å². The monoisotopic (exact) mass is 179 g/mol. The Labute approximate surface area is 79.8 Å². The van der Waals surface area contributed by atoms with Gasteiger partial charge in [-0.1, -0.05) is 0 Å². The molecule has 0 N–H and O–H groups in total. The van der Waals surface area contributed by atoms with Crippen LogP contribution in [0, 0.1) is 13.8 Å². The molecule has 13 heavy (non-hydrogen) atoms. The van der Waals surface area contributed by atoms with Crippen molar-refractivity contribution < 1.29 is 0 Å². The lowest BCUT2D eigenvalue weighted by atomic mass is 10.2. The van der Waals surface area contributed by atoms with Gasteiger partial charge in [-0.15, -0.1) is 0 Å². The summed E-state index contributed by atoms with van der Waals surface area (Å²) >= 11 is 0. The van der Waals surface area contributed by atoms with Gasteiger partial charge < -0.3 is 4.90 Å². The Kier molecular flexibility index (Phi) is 2.86. The molecule has 1 heterocycles. The number of aryl methyl sites for hydroxylation is 1.